The molecule has 5 atom stereocenters. The molecule has 5 unspecified atom stereocenters. The molecule has 1 fully saturated rings. The summed E-state index contributed by atoms with van der Waals surface area (Å²) < 4.78 is 55.6. The van der Waals surface area contributed by atoms with Gasteiger partial charge in [-0.1, -0.05) is 97.9 Å². The van der Waals surface area contributed by atoms with Crippen molar-refractivity contribution in [2.24, 2.45) is 0 Å². The highest BCUT2D eigenvalue weighted by molar-refractivity contribution is 5.73. The third-order valence-corrected chi connectivity index (χ3v) is 6.91. The number of ether oxygens (including phenoxy) is 4. The minimum atomic E-state index is -3.23. The Morgan fingerprint density at radius 3 is 1.75 bits per heavy atom. The second-order valence-electron chi connectivity index (χ2n) is 9.96. The van der Waals surface area contributed by atoms with E-state index in [9.17, 15) is 4.79 Å². The van der Waals surface area contributed by atoms with Gasteiger partial charge in [0.15, 0.2) is 0 Å². The average Bonchev–Trinajstić information content (AvgIpc) is 2.97. The summed E-state index contributed by atoms with van der Waals surface area (Å²) in [6, 6.07) is 27.4. The molecular weight excluding hydrogens is 516 g/mol. The fourth-order valence-electron chi connectivity index (χ4n) is 4.83. The average molecular weight is 554 g/mol. The van der Waals surface area contributed by atoms with E-state index in [-0.39, 0.29) is 26.4 Å². The van der Waals surface area contributed by atoms with Crippen molar-refractivity contribution in [2.45, 2.75) is 76.5 Å². The van der Waals surface area contributed by atoms with Gasteiger partial charge in [-0.15, -0.1) is 0 Å². The molecule has 3 aromatic rings. The van der Waals surface area contributed by atoms with Gasteiger partial charge in [0.2, 0.25) is 5.91 Å². The van der Waals surface area contributed by atoms with E-state index in [0.29, 0.717) is 0 Å². The summed E-state index contributed by atoms with van der Waals surface area (Å²) in [4.78, 5) is 12.3. The van der Waals surface area contributed by atoms with E-state index in [4.69, 9.17) is 18.9 Å². The molecule has 0 saturated carbocycles. The van der Waals surface area contributed by atoms with E-state index in [2.05, 4.69) is 5.32 Å². The summed E-state index contributed by atoms with van der Waals surface area (Å²) in [6.07, 6.45) is -4.72. The molecule has 4 rings (SSSR count). The van der Waals surface area contributed by atoms with Gasteiger partial charge in [0.05, 0.1) is 32.5 Å². The molecule has 1 saturated heterocycles. The Balaban J connectivity index is 1.64. The van der Waals surface area contributed by atoms with Gasteiger partial charge in [0.25, 0.3) is 5.92 Å². The molecule has 3 aromatic carbocycles. The fourth-order valence-corrected chi connectivity index (χ4v) is 4.83. The molecule has 1 heterocycles. The van der Waals surface area contributed by atoms with Crippen LogP contribution in [0.4, 0.5) is 8.78 Å². The maximum absolute atomic E-state index is 15.4. The zero-order valence-electron chi connectivity index (χ0n) is 22.9. The Labute approximate surface area is 234 Å². The summed E-state index contributed by atoms with van der Waals surface area (Å²) in [6.45, 7) is 3.33. The van der Waals surface area contributed by atoms with Crippen molar-refractivity contribution < 1.29 is 32.5 Å². The Morgan fingerprint density at radius 1 is 0.800 bits per heavy atom. The molecule has 214 valence electrons. The van der Waals surface area contributed by atoms with Crippen LogP contribution in [0.1, 0.15) is 37.0 Å². The molecule has 1 N–H and O–H groups in total. The van der Waals surface area contributed by atoms with Crippen molar-refractivity contribution in [2.75, 3.05) is 6.61 Å². The van der Waals surface area contributed by atoms with E-state index in [1.165, 1.54) is 13.8 Å². The fraction of sp³-hybridized carbons (Fsp3) is 0.406. The summed E-state index contributed by atoms with van der Waals surface area (Å²) >= 11 is 0. The molecule has 1 aliphatic rings. The lowest BCUT2D eigenvalue weighted by molar-refractivity contribution is -0.273. The van der Waals surface area contributed by atoms with Crippen LogP contribution in [0, 0.1) is 0 Å². The Bertz CT molecular complexity index is 1170. The lowest BCUT2D eigenvalue weighted by atomic mass is 9.88. The SMILES string of the molecule is CCC(F)(F)C1OC(COCc2ccccc2)C(OCc2ccccc2)C(OCc2ccccc2)C1NC(C)=O. The number of halogens is 2. The molecular formula is C32H37F2NO5. The largest absolute Gasteiger partial charge is 0.374 e. The summed E-state index contributed by atoms with van der Waals surface area (Å²) in [5, 5.41) is 2.70. The molecule has 8 heteroatoms. The number of amides is 1. The minimum Gasteiger partial charge on any atom is -0.374 e. The summed E-state index contributed by atoms with van der Waals surface area (Å²) in [7, 11) is 0. The van der Waals surface area contributed by atoms with E-state index < -0.39 is 48.7 Å². The highest BCUT2D eigenvalue weighted by Gasteiger charge is 2.56. The van der Waals surface area contributed by atoms with Crippen molar-refractivity contribution in [1.29, 1.82) is 0 Å². The number of hydrogen-bond donors (Lipinski definition) is 1. The number of carbonyl (C=O) groups excluding carboxylic acids is 1. The number of rotatable bonds is 13. The number of benzene rings is 3. The van der Waals surface area contributed by atoms with Gasteiger partial charge in [-0.05, 0) is 16.7 Å². The first kappa shape index (κ1) is 29.8. The molecule has 0 bridgehead atoms. The van der Waals surface area contributed by atoms with Crippen LogP contribution in [0.25, 0.3) is 0 Å². The molecule has 0 aromatic heterocycles. The van der Waals surface area contributed by atoms with E-state index >= 15 is 8.78 Å². The van der Waals surface area contributed by atoms with E-state index in [0.717, 1.165) is 16.7 Å². The predicted molar refractivity (Wildman–Crippen MR) is 148 cm³/mol. The topological polar surface area (TPSA) is 66.0 Å². The third-order valence-electron chi connectivity index (χ3n) is 6.91. The molecule has 1 aliphatic heterocycles. The van der Waals surface area contributed by atoms with E-state index in [1.54, 1.807) is 0 Å². The quantitative estimate of drug-likeness (QED) is 0.295. The normalized spacial score (nSPS) is 23.1. The van der Waals surface area contributed by atoms with Gasteiger partial charge in [-0.3, -0.25) is 4.79 Å². The maximum Gasteiger partial charge on any atom is 0.275 e. The number of carbonyl (C=O) groups is 1. The second kappa shape index (κ2) is 14.5. The van der Waals surface area contributed by atoms with Crippen molar-refractivity contribution in [3.63, 3.8) is 0 Å². The second-order valence-corrected chi connectivity index (χ2v) is 9.96. The van der Waals surface area contributed by atoms with Crippen LogP contribution in [0.3, 0.4) is 0 Å². The van der Waals surface area contributed by atoms with Gasteiger partial charge in [0.1, 0.15) is 24.4 Å². The summed E-state index contributed by atoms with van der Waals surface area (Å²) in [5.41, 5.74) is 2.72. The van der Waals surface area contributed by atoms with Crippen LogP contribution in [0.2, 0.25) is 0 Å². The van der Waals surface area contributed by atoms with Crippen LogP contribution >= 0.6 is 0 Å². The first-order valence-electron chi connectivity index (χ1n) is 13.6. The Morgan fingerprint density at radius 2 is 1.27 bits per heavy atom. The summed E-state index contributed by atoms with van der Waals surface area (Å²) in [5.74, 6) is -3.69. The van der Waals surface area contributed by atoms with Crippen molar-refractivity contribution in [3.8, 4) is 0 Å². The predicted octanol–water partition coefficient (Wildman–Crippen LogP) is 5.69. The number of hydrogen-bond acceptors (Lipinski definition) is 5. The molecule has 0 spiro atoms. The monoisotopic (exact) mass is 553 g/mol. The molecule has 0 radical (unpaired) electrons. The molecule has 40 heavy (non-hydrogen) atoms. The van der Waals surface area contributed by atoms with Crippen LogP contribution in [-0.4, -0.2) is 48.9 Å². The van der Waals surface area contributed by atoms with Crippen LogP contribution in [0.5, 0.6) is 0 Å². The standard InChI is InChI=1S/C32H37F2NO5/c1-3-32(33,34)31-28(35-23(2)36)30(39-21-26-17-11-6-12-18-26)29(38-20-25-15-9-5-10-16-25)27(40-31)22-37-19-24-13-7-4-8-14-24/h4-18,27-31H,3,19-22H2,1-2H3,(H,35,36). The van der Waals surface area contributed by atoms with Gasteiger partial charge in [-0.2, -0.15) is 0 Å². The highest BCUT2D eigenvalue weighted by Crippen LogP contribution is 2.37. The third kappa shape index (κ3) is 8.17. The first-order valence-corrected chi connectivity index (χ1v) is 13.6. The number of nitrogens with one attached hydrogen (secondary N) is 1. The molecule has 1 amide bonds. The minimum absolute atomic E-state index is 0.00261. The Kier molecular flexibility index (Phi) is 10.8. The lowest BCUT2D eigenvalue weighted by Gasteiger charge is -2.48. The zero-order chi connectivity index (χ0) is 28.4. The van der Waals surface area contributed by atoms with Crippen LogP contribution < -0.4 is 5.32 Å². The zero-order valence-corrected chi connectivity index (χ0v) is 22.9. The van der Waals surface area contributed by atoms with Gasteiger partial charge in [-0.25, -0.2) is 8.78 Å². The lowest BCUT2D eigenvalue weighted by Crippen LogP contribution is -2.69. The van der Waals surface area contributed by atoms with E-state index in [1.807, 2.05) is 91.0 Å². The molecule has 6 nitrogen and oxygen atoms in total. The van der Waals surface area contributed by atoms with Crippen molar-refractivity contribution in [3.05, 3.63) is 108 Å². The van der Waals surface area contributed by atoms with Crippen LogP contribution in [0.15, 0.2) is 91.0 Å². The highest BCUT2D eigenvalue weighted by atomic mass is 19.3. The van der Waals surface area contributed by atoms with Crippen LogP contribution in [-0.2, 0) is 43.6 Å². The maximum atomic E-state index is 15.4. The molecule has 0 aliphatic carbocycles. The number of alkyl halides is 2. The van der Waals surface area contributed by atoms with Crippen molar-refractivity contribution in [1.82, 2.24) is 5.32 Å². The van der Waals surface area contributed by atoms with Crippen molar-refractivity contribution >= 4 is 5.91 Å². The first-order chi connectivity index (χ1) is 19.4. The van der Waals surface area contributed by atoms with Gasteiger partial charge >= 0.3 is 0 Å². The van der Waals surface area contributed by atoms with Gasteiger partial charge < -0.3 is 24.3 Å². The van der Waals surface area contributed by atoms with Gasteiger partial charge in [0, 0.05) is 13.3 Å². The smallest absolute Gasteiger partial charge is 0.275 e. The Hall–Kier alpha value is -3.17.